The predicted molar refractivity (Wildman–Crippen MR) is 61.2 cm³/mol. The predicted octanol–water partition coefficient (Wildman–Crippen LogP) is 3.24. The van der Waals surface area contributed by atoms with E-state index in [0.717, 1.165) is 19.2 Å². The van der Waals surface area contributed by atoms with Gasteiger partial charge in [-0.3, -0.25) is 5.01 Å². The zero-order chi connectivity index (χ0) is 13.3. The van der Waals surface area contributed by atoms with E-state index in [0.29, 0.717) is 11.4 Å². The Morgan fingerprint density at radius 1 is 1.24 bits per heavy atom. The first-order valence-corrected chi connectivity index (χ1v) is 5.84. The van der Waals surface area contributed by atoms with Crippen molar-refractivity contribution in [3.63, 3.8) is 0 Å². The number of hydrogen-bond donors (Lipinski definition) is 0. The van der Waals surface area contributed by atoms with Gasteiger partial charge in [0.05, 0.1) is 0 Å². The van der Waals surface area contributed by atoms with Gasteiger partial charge in [-0.25, -0.2) is 4.90 Å². The van der Waals surface area contributed by atoms with Crippen molar-refractivity contribution in [1.29, 1.82) is 0 Å². The Kier molecular flexibility index (Phi) is 3.94. The Morgan fingerprint density at radius 3 is 2.24 bits per heavy atom. The summed E-state index contributed by atoms with van der Waals surface area (Å²) in [7, 11) is 0. The van der Waals surface area contributed by atoms with Crippen molar-refractivity contribution in [3.05, 3.63) is 0 Å². The summed E-state index contributed by atoms with van der Waals surface area (Å²) in [5.74, 6) is 0. The maximum Gasteiger partial charge on any atom is 0.487 e. The van der Waals surface area contributed by atoms with Crippen LogP contribution in [0.2, 0.25) is 0 Å². The number of hydrogen-bond acceptors (Lipinski definition) is 3. The minimum absolute atomic E-state index is 0.392. The van der Waals surface area contributed by atoms with Crippen LogP contribution < -0.4 is 0 Å². The highest BCUT2D eigenvalue weighted by atomic mass is 19.4. The average molecular weight is 251 g/mol. The number of nitrogens with zero attached hydrogens (tertiary/aromatic N) is 3. The molecule has 1 heterocycles. The van der Waals surface area contributed by atoms with E-state index in [1.807, 2.05) is 6.92 Å². The monoisotopic (exact) mass is 251 g/mol. The summed E-state index contributed by atoms with van der Waals surface area (Å²) in [5.41, 5.74) is -0.514. The second-order valence-electron chi connectivity index (χ2n) is 5.36. The summed E-state index contributed by atoms with van der Waals surface area (Å²) < 4.78 is 38.5. The lowest BCUT2D eigenvalue weighted by molar-refractivity contribution is -0.246. The van der Waals surface area contributed by atoms with E-state index < -0.39 is 17.9 Å². The molecule has 0 radical (unpaired) electrons. The second-order valence-corrected chi connectivity index (χ2v) is 5.36. The lowest BCUT2D eigenvalue weighted by Gasteiger charge is -2.40. The topological polar surface area (TPSA) is 18.8 Å². The Balaban J connectivity index is 2.86. The minimum Gasteiger partial charge on any atom is -0.272 e. The van der Waals surface area contributed by atoms with E-state index in [1.165, 1.54) is 5.01 Å². The third-order valence-electron chi connectivity index (χ3n) is 2.68. The number of alkyl halides is 3. The van der Waals surface area contributed by atoms with Crippen molar-refractivity contribution in [2.75, 3.05) is 6.54 Å². The van der Waals surface area contributed by atoms with Crippen molar-refractivity contribution < 1.29 is 13.2 Å². The molecule has 6 heteroatoms. The van der Waals surface area contributed by atoms with Gasteiger partial charge in [0, 0.05) is 12.0 Å². The average Bonchev–Trinajstić information content (AvgIpc) is 2.56. The Hall–Kier alpha value is -0.940. The van der Waals surface area contributed by atoms with E-state index in [-0.39, 0.29) is 0 Å². The molecule has 0 spiro atoms. The molecule has 100 valence electrons. The van der Waals surface area contributed by atoms with Crippen LogP contribution in [0.4, 0.5) is 13.2 Å². The highest BCUT2D eigenvalue weighted by molar-refractivity contribution is 5.57. The molecule has 0 saturated heterocycles. The largest absolute Gasteiger partial charge is 0.487 e. The van der Waals surface area contributed by atoms with Crippen LogP contribution in [0.15, 0.2) is 5.10 Å². The zero-order valence-corrected chi connectivity index (χ0v) is 10.8. The third-order valence-corrected chi connectivity index (χ3v) is 2.68. The van der Waals surface area contributed by atoms with Crippen LogP contribution in [0, 0.1) is 5.41 Å². The van der Waals surface area contributed by atoms with Crippen LogP contribution in [0.1, 0.15) is 40.5 Å². The number of unbranched alkanes of at least 4 members (excludes halogenated alkanes) is 1. The zero-order valence-electron chi connectivity index (χ0n) is 10.8. The highest BCUT2D eigenvalue weighted by Gasteiger charge is 2.49. The molecule has 0 N–H and O–H groups in total. The molecule has 0 amide bonds. The molecule has 3 nitrogen and oxygen atoms in total. The van der Waals surface area contributed by atoms with E-state index in [2.05, 4.69) is 5.10 Å². The van der Waals surface area contributed by atoms with Gasteiger partial charge in [0.1, 0.15) is 12.5 Å². The van der Waals surface area contributed by atoms with Crippen LogP contribution in [-0.4, -0.2) is 35.3 Å². The summed E-state index contributed by atoms with van der Waals surface area (Å²) in [6.07, 6.45) is -2.45. The summed E-state index contributed by atoms with van der Waals surface area (Å²) in [4.78, 5) is 0.392. The summed E-state index contributed by atoms with van der Waals surface area (Å²) in [6.45, 7) is 7.95. The fraction of sp³-hybridized carbons (Fsp3) is 0.909. The first kappa shape index (κ1) is 14.1. The Labute approximate surface area is 100 Å². The van der Waals surface area contributed by atoms with Gasteiger partial charge in [-0.05, 0) is 6.42 Å². The molecule has 0 fully saturated rings. The summed E-state index contributed by atoms with van der Waals surface area (Å²) in [5, 5.41) is 5.42. The first-order chi connectivity index (χ1) is 7.68. The van der Waals surface area contributed by atoms with E-state index in [9.17, 15) is 13.2 Å². The molecule has 1 unspecified atom stereocenters. The summed E-state index contributed by atoms with van der Waals surface area (Å²) in [6, 6.07) is 0. The molecule has 1 atom stereocenters. The Bertz CT molecular complexity index is 281. The Morgan fingerprint density at radius 2 is 1.82 bits per heavy atom. The fourth-order valence-corrected chi connectivity index (χ4v) is 1.96. The van der Waals surface area contributed by atoms with E-state index in [4.69, 9.17) is 0 Å². The molecule has 1 aliphatic heterocycles. The van der Waals surface area contributed by atoms with Crippen LogP contribution in [0.25, 0.3) is 0 Å². The quantitative estimate of drug-likeness (QED) is 0.717. The van der Waals surface area contributed by atoms with Gasteiger partial charge in [0.15, 0.2) is 0 Å². The minimum atomic E-state index is -4.37. The lowest BCUT2D eigenvalue weighted by atomic mass is 9.91. The molecule has 0 saturated carbocycles. The van der Waals surface area contributed by atoms with E-state index in [1.54, 1.807) is 20.8 Å². The second kappa shape index (κ2) is 4.74. The van der Waals surface area contributed by atoms with Gasteiger partial charge in [-0.15, -0.1) is 13.2 Å². The molecule has 1 aliphatic rings. The number of hydrazone groups is 1. The van der Waals surface area contributed by atoms with Crippen LogP contribution in [0.5, 0.6) is 0 Å². The van der Waals surface area contributed by atoms with Crippen molar-refractivity contribution in [2.24, 2.45) is 10.5 Å². The highest BCUT2D eigenvalue weighted by Crippen LogP contribution is 2.36. The van der Waals surface area contributed by atoms with Crippen LogP contribution in [0.3, 0.4) is 0 Å². The fourth-order valence-electron chi connectivity index (χ4n) is 1.96. The van der Waals surface area contributed by atoms with Gasteiger partial charge in [0.2, 0.25) is 0 Å². The normalized spacial score (nSPS) is 21.5. The van der Waals surface area contributed by atoms with Crippen molar-refractivity contribution in [2.45, 2.75) is 53.0 Å². The van der Waals surface area contributed by atoms with Gasteiger partial charge in [-0.2, -0.15) is 5.10 Å². The van der Waals surface area contributed by atoms with Gasteiger partial charge >= 0.3 is 6.30 Å². The smallest absolute Gasteiger partial charge is 0.272 e. The summed E-state index contributed by atoms with van der Waals surface area (Å²) >= 11 is 0. The lowest BCUT2D eigenvalue weighted by Crippen LogP contribution is -2.53. The van der Waals surface area contributed by atoms with E-state index >= 15 is 0 Å². The molecule has 0 aliphatic carbocycles. The third kappa shape index (κ3) is 3.26. The van der Waals surface area contributed by atoms with Gasteiger partial charge < -0.3 is 0 Å². The SMILES string of the molecule is CCCCN1N=CN(C(F)(F)F)C1C(C)(C)C. The molecule has 0 bridgehead atoms. The van der Waals surface area contributed by atoms with Crippen LogP contribution in [-0.2, 0) is 0 Å². The molecular weight excluding hydrogens is 231 g/mol. The maximum atomic E-state index is 12.8. The van der Waals surface area contributed by atoms with Gasteiger partial charge in [-0.1, -0.05) is 34.1 Å². The molecule has 0 aromatic heterocycles. The molecule has 0 aromatic rings. The van der Waals surface area contributed by atoms with Crippen molar-refractivity contribution in [1.82, 2.24) is 9.91 Å². The number of rotatable bonds is 3. The van der Waals surface area contributed by atoms with Crippen LogP contribution >= 0.6 is 0 Å². The van der Waals surface area contributed by atoms with Gasteiger partial charge in [0.25, 0.3) is 0 Å². The molecule has 17 heavy (non-hydrogen) atoms. The molecule has 1 rings (SSSR count). The molecule has 0 aromatic carbocycles. The number of halogens is 3. The molecular formula is C11H20F3N3. The van der Waals surface area contributed by atoms with Crippen molar-refractivity contribution in [3.8, 4) is 0 Å². The first-order valence-electron chi connectivity index (χ1n) is 5.84. The maximum absolute atomic E-state index is 12.8. The standard InChI is InChI=1S/C11H20F3N3/c1-5-6-7-17-9(10(2,3)4)16(8-15-17)11(12,13)14/h8-9H,5-7H2,1-4H3. The van der Waals surface area contributed by atoms with Crippen molar-refractivity contribution >= 4 is 6.34 Å².